The van der Waals surface area contributed by atoms with Gasteiger partial charge in [-0.1, -0.05) is 24.3 Å². The molecule has 1 aliphatic heterocycles. The van der Waals surface area contributed by atoms with Crippen molar-refractivity contribution in [2.75, 3.05) is 36.4 Å². The van der Waals surface area contributed by atoms with E-state index >= 15 is 0 Å². The zero-order valence-electron chi connectivity index (χ0n) is 21.8. The Labute approximate surface area is 212 Å². The molecule has 1 aliphatic rings. The molecule has 1 aromatic heterocycles. The van der Waals surface area contributed by atoms with Gasteiger partial charge in [0, 0.05) is 48.3 Å². The number of ether oxygens (including phenoxy) is 1. The number of nitrogens with one attached hydrogen (secondary N) is 1. The minimum atomic E-state index is -0.495. The highest BCUT2D eigenvalue weighted by Gasteiger charge is 2.27. The Balaban J connectivity index is 1.49. The maximum atomic E-state index is 12.6. The van der Waals surface area contributed by atoms with Crippen LogP contribution in [0.4, 0.5) is 21.9 Å². The van der Waals surface area contributed by atoms with Gasteiger partial charge in [0.1, 0.15) is 5.60 Å². The lowest BCUT2D eigenvalue weighted by atomic mass is 10.0. The number of benzene rings is 3. The minimum Gasteiger partial charge on any atom is -0.444 e. The van der Waals surface area contributed by atoms with Gasteiger partial charge in [0.15, 0.2) is 0 Å². The number of rotatable bonds is 3. The highest BCUT2D eigenvalue weighted by molar-refractivity contribution is 6.08. The van der Waals surface area contributed by atoms with Gasteiger partial charge >= 0.3 is 6.09 Å². The molecule has 2 heterocycles. The molecule has 36 heavy (non-hydrogen) atoms. The van der Waals surface area contributed by atoms with Gasteiger partial charge in [0.2, 0.25) is 0 Å². The van der Waals surface area contributed by atoms with Crippen molar-refractivity contribution in [3.8, 4) is 0 Å². The number of aromatic nitrogens is 1. The zero-order valence-corrected chi connectivity index (χ0v) is 21.8. The quantitative estimate of drug-likeness (QED) is 0.325. The first kappa shape index (κ1) is 23.9. The van der Waals surface area contributed by atoms with Gasteiger partial charge in [-0.3, -0.25) is 0 Å². The van der Waals surface area contributed by atoms with E-state index in [0.29, 0.717) is 13.1 Å². The topological polar surface area (TPSA) is 57.7 Å². The maximum Gasteiger partial charge on any atom is 0.410 e. The van der Waals surface area contributed by atoms with E-state index in [1.54, 1.807) is 4.90 Å². The fraction of sp³-hybridized carbons (Fsp3) is 0.333. The normalized spacial score (nSPS) is 14.4. The second-order valence-corrected chi connectivity index (χ2v) is 10.6. The molecule has 0 bridgehead atoms. The maximum absolute atomic E-state index is 12.6. The van der Waals surface area contributed by atoms with Crippen molar-refractivity contribution in [1.82, 2.24) is 9.88 Å². The molecule has 0 aliphatic carbocycles. The van der Waals surface area contributed by atoms with Crippen molar-refractivity contribution in [2.24, 2.45) is 0 Å². The lowest BCUT2D eigenvalue weighted by Gasteiger charge is -2.37. The highest BCUT2D eigenvalue weighted by atomic mass is 16.6. The Bertz CT molecular complexity index is 1430. The molecule has 6 heteroatoms. The molecule has 1 saturated heterocycles. The summed E-state index contributed by atoms with van der Waals surface area (Å²) in [7, 11) is 0. The summed E-state index contributed by atoms with van der Waals surface area (Å²) in [5.41, 5.74) is 7.25. The number of anilines is 3. The van der Waals surface area contributed by atoms with Crippen LogP contribution in [0.2, 0.25) is 0 Å². The molecule has 5 rings (SSSR count). The molecule has 186 valence electrons. The summed E-state index contributed by atoms with van der Waals surface area (Å²) in [6.07, 6.45) is -0.244. The SMILES string of the molecule is Cc1ccc(Nc2ccc3nc4ccccc4c(N4CCN(C(=O)OC(C)(C)C)CC4)c3c2)cc1C. The predicted molar refractivity (Wildman–Crippen MR) is 148 cm³/mol. The first-order chi connectivity index (χ1) is 17.2. The summed E-state index contributed by atoms with van der Waals surface area (Å²) >= 11 is 0. The minimum absolute atomic E-state index is 0.244. The van der Waals surface area contributed by atoms with Crippen molar-refractivity contribution in [1.29, 1.82) is 0 Å². The monoisotopic (exact) mass is 482 g/mol. The van der Waals surface area contributed by atoms with E-state index in [2.05, 4.69) is 78.7 Å². The van der Waals surface area contributed by atoms with E-state index in [-0.39, 0.29) is 6.09 Å². The molecule has 1 N–H and O–H groups in total. The summed E-state index contributed by atoms with van der Waals surface area (Å²) < 4.78 is 5.60. The van der Waals surface area contributed by atoms with Crippen molar-refractivity contribution >= 4 is 45.0 Å². The number of hydrogen-bond donors (Lipinski definition) is 1. The van der Waals surface area contributed by atoms with Crippen molar-refractivity contribution < 1.29 is 9.53 Å². The number of aryl methyl sites for hydroxylation is 2. The summed E-state index contributed by atoms with van der Waals surface area (Å²) in [5, 5.41) is 5.80. The number of hydrogen-bond acceptors (Lipinski definition) is 5. The Morgan fingerprint density at radius 2 is 1.50 bits per heavy atom. The van der Waals surface area contributed by atoms with Crippen LogP contribution in [0.1, 0.15) is 31.9 Å². The first-order valence-corrected chi connectivity index (χ1v) is 12.6. The third-order valence-corrected chi connectivity index (χ3v) is 6.69. The van der Waals surface area contributed by atoms with E-state index in [0.717, 1.165) is 46.3 Å². The molecule has 0 atom stereocenters. The number of pyridine rings is 1. The second kappa shape index (κ2) is 9.34. The number of amides is 1. The molecule has 1 amide bonds. The Morgan fingerprint density at radius 3 is 2.22 bits per heavy atom. The predicted octanol–water partition coefficient (Wildman–Crippen LogP) is 6.81. The number of piperazine rings is 1. The second-order valence-electron chi connectivity index (χ2n) is 10.6. The van der Waals surface area contributed by atoms with E-state index in [4.69, 9.17) is 9.72 Å². The molecule has 0 spiro atoms. The van der Waals surface area contributed by atoms with Crippen LogP contribution in [0.5, 0.6) is 0 Å². The summed E-state index contributed by atoms with van der Waals surface area (Å²) in [4.78, 5) is 21.8. The number of fused-ring (bicyclic) bond motifs is 2. The van der Waals surface area contributed by atoms with Gasteiger partial charge in [-0.25, -0.2) is 9.78 Å². The first-order valence-electron chi connectivity index (χ1n) is 12.6. The van der Waals surface area contributed by atoms with Gasteiger partial charge in [0.05, 0.1) is 16.7 Å². The smallest absolute Gasteiger partial charge is 0.410 e. The molecule has 4 aromatic rings. The Morgan fingerprint density at radius 1 is 0.833 bits per heavy atom. The Kier molecular flexibility index (Phi) is 6.20. The molecule has 1 fully saturated rings. The van der Waals surface area contributed by atoms with E-state index < -0.39 is 5.60 Å². The fourth-order valence-corrected chi connectivity index (χ4v) is 4.71. The fourth-order valence-electron chi connectivity index (χ4n) is 4.71. The lowest BCUT2D eigenvalue weighted by molar-refractivity contribution is 0.0241. The van der Waals surface area contributed by atoms with Gasteiger partial charge in [0.25, 0.3) is 0 Å². The summed E-state index contributed by atoms with van der Waals surface area (Å²) in [6, 6.07) is 21.1. The van der Waals surface area contributed by atoms with Crippen LogP contribution in [-0.2, 0) is 4.74 Å². The molecule has 0 saturated carbocycles. The summed E-state index contributed by atoms with van der Waals surface area (Å²) in [6.45, 7) is 12.7. The number of nitrogens with zero attached hydrogens (tertiary/aromatic N) is 3. The van der Waals surface area contributed by atoms with Gasteiger partial charge < -0.3 is 19.9 Å². The van der Waals surface area contributed by atoms with Crippen LogP contribution in [0, 0.1) is 13.8 Å². The highest BCUT2D eigenvalue weighted by Crippen LogP contribution is 2.36. The third-order valence-electron chi connectivity index (χ3n) is 6.69. The average molecular weight is 483 g/mol. The van der Waals surface area contributed by atoms with Crippen molar-refractivity contribution in [3.63, 3.8) is 0 Å². The lowest BCUT2D eigenvalue weighted by Crippen LogP contribution is -2.50. The molecular weight excluding hydrogens is 448 g/mol. The van der Waals surface area contributed by atoms with Crippen LogP contribution in [-0.4, -0.2) is 47.8 Å². The van der Waals surface area contributed by atoms with Crippen LogP contribution in [0.15, 0.2) is 60.7 Å². The van der Waals surface area contributed by atoms with Gasteiger partial charge in [-0.05, 0) is 82.1 Å². The van der Waals surface area contributed by atoms with E-state index in [1.165, 1.54) is 16.8 Å². The number of carbonyl (C=O) groups is 1. The van der Waals surface area contributed by atoms with Crippen LogP contribution in [0.3, 0.4) is 0 Å². The average Bonchev–Trinajstić information content (AvgIpc) is 2.84. The zero-order chi connectivity index (χ0) is 25.4. The molecule has 0 unspecified atom stereocenters. The van der Waals surface area contributed by atoms with Crippen LogP contribution < -0.4 is 10.2 Å². The summed E-state index contributed by atoms with van der Waals surface area (Å²) in [5.74, 6) is 0. The van der Waals surface area contributed by atoms with Crippen molar-refractivity contribution in [2.45, 2.75) is 40.2 Å². The Hall–Kier alpha value is -3.80. The number of para-hydroxylation sites is 1. The molecule has 0 radical (unpaired) electrons. The van der Waals surface area contributed by atoms with Crippen molar-refractivity contribution in [3.05, 3.63) is 71.8 Å². The largest absolute Gasteiger partial charge is 0.444 e. The third kappa shape index (κ3) is 4.94. The van der Waals surface area contributed by atoms with Crippen LogP contribution >= 0.6 is 0 Å². The molecule has 3 aromatic carbocycles. The van der Waals surface area contributed by atoms with E-state index in [9.17, 15) is 4.79 Å². The van der Waals surface area contributed by atoms with E-state index in [1.807, 2.05) is 26.8 Å². The van der Waals surface area contributed by atoms with Gasteiger partial charge in [-0.15, -0.1) is 0 Å². The number of carbonyl (C=O) groups excluding carboxylic acids is 1. The van der Waals surface area contributed by atoms with Crippen LogP contribution in [0.25, 0.3) is 21.8 Å². The standard InChI is InChI=1S/C30H34N4O2/c1-20-10-11-22(18-21(20)2)31-23-12-13-27-25(19-23)28(24-8-6-7-9-26(24)32-27)33-14-16-34(17-15-33)29(35)36-30(3,4)5/h6-13,18-19,31H,14-17H2,1-5H3. The molecule has 6 nitrogen and oxygen atoms in total. The molecular formula is C30H34N4O2. The van der Waals surface area contributed by atoms with Gasteiger partial charge in [-0.2, -0.15) is 0 Å².